The quantitative estimate of drug-likeness (QED) is 0.229. The number of anilines is 1. The van der Waals surface area contributed by atoms with E-state index in [0.29, 0.717) is 6.29 Å². The van der Waals surface area contributed by atoms with Gasteiger partial charge in [0, 0.05) is 12.6 Å². The molecule has 0 aromatic carbocycles. The van der Waals surface area contributed by atoms with Gasteiger partial charge in [-0.3, -0.25) is 9.27 Å². The first-order valence-corrected chi connectivity index (χ1v) is 7.64. The maximum atomic E-state index is 11.5. The van der Waals surface area contributed by atoms with Gasteiger partial charge in [0.05, 0.1) is 19.3 Å². The van der Waals surface area contributed by atoms with Crippen LogP contribution in [0.4, 0.5) is 10.5 Å². The number of halogens is 1. The lowest BCUT2D eigenvalue weighted by molar-refractivity contribution is -0.111. The van der Waals surface area contributed by atoms with Crippen LogP contribution >= 0.6 is 0 Å². The minimum Gasteiger partial charge on any atom is -0.394 e. The van der Waals surface area contributed by atoms with Gasteiger partial charge >= 0.3 is 5.69 Å². The van der Waals surface area contributed by atoms with Gasteiger partial charge in [-0.25, -0.2) is 4.79 Å². The minimum absolute atomic E-state index is 0. The van der Waals surface area contributed by atoms with Gasteiger partial charge in [0.15, 0.2) is 6.23 Å². The van der Waals surface area contributed by atoms with Gasteiger partial charge in [0.25, 0.3) is 0 Å². The van der Waals surface area contributed by atoms with Crippen LogP contribution in [0.5, 0.6) is 0 Å². The molecule has 1 aromatic rings. The molecule has 0 spiro atoms. The number of carbonyl (C=O) groups is 1. The zero-order valence-electron chi connectivity index (χ0n) is 14.1. The van der Waals surface area contributed by atoms with Crippen LogP contribution in [-0.4, -0.2) is 90.2 Å². The Bertz CT molecular complexity index is 632. The SMILES string of the molecule is F.Nc1ccn([C@@H]2O[C@H](CO)[C@@H](O)[C@H]2O)c(=O)n1.O=CCC(O)C(O)CO. The van der Waals surface area contributed by atoms with E-state index in [9.17, 15) is 19.8 Å². The number of nitrogens with two attached hydrogens (primary N) is 1. The van der Waals surface area contributed by atoms with E-state index in [1.807, 2.05) is 0 Å². The number of aromatic nitrogens is 2. The fraction of sp³-hybridized carbons (Fsp3) is 0.643. The number of aliphatic hydroxyl groups excluding tert-OH is 6. The molecule has 0 bridgehead atoms. The lowest BCUT2D eigenvalue weighted by atomic mass is 10.1. The van der Waals surface area contributed by atoms with Gasteiger partial charge in [-0.2, -0.15) is 4.98 Å². The number of hydrogen-bond acceptors (Lipinski definition) is 11. The molecule has 1 fully saturated rings. The lowest BCUT2D eigenvalue weighted by Crippen LogP contribution is -2.36. The van der Waals surface area contributed by atoms with Crippen molar-refractivity contribution >= 4 is 12.1 Å². The number of carbonyl (C=O) groups excluding carboxylic acids is 1. The van der Waals surface area contributed by atoms with Crippen molar-refractivity contribution < 1.29 is 44.9 Å². The molecule has 1 saturated heterocycles. The molecule has 6 atom stereocenters. The first kappa shape index (κ1) is 25.0. The molecule has 2 rings (SSSR count). The molecule has 27 heavy (non-hydrogen) atoms. The molecule has 2 unspecified atom stereocenters. The number of hydrogen-bond donors (Lipinski definition) is 7. The minimum atomic E-state index is -1.31. The van der Waals surface area contributed by atoms with Crippen molar-refractivity contribution in [2.45, 2.75) is 43.2 Å². The second kappa shape index (κ2) is 11.7. The monoisotopic (exact) mass is 397 g/mol. The molecule has 0 aliphatic carbocycles. The molecule has 1 aromatic heterocycles. The molecule has 0 amide bonds. The van der Waals surface area contributed by atoms with Crippen LogP contribution in [0, 0.1) is 0 Å². The van der Waals surface area contributed by atoms with Crippen molar-refractivity contribution in [2.24, 2.45) is 0 Å². The van der Waals surface area contributed by atoms with E-state index in [2.05, 4.69) is 4.98 Å². The molecule has 0 saturated carbocycles. The molecule has 1 aliphatic rings. The highest BCUT2D eigenvalue weighted by atomic mass is 19.0. The van der Waals surface area contributed by atoms with Crippen LogP contribution in [0.1, 0.15) is 12.6 Å². The van der Waals surface area contributed by atoms with Gasteiger partial charge in [-0.15, -0.1) is 0 Å². The van der Waals surface area contributed by atoms with E-state index < -0.39 is 55.7 Å². The fourth-order valence-corrected chi connectivity index (χ4v) is 2.11. The molecular formula is C14H24FN3O9. The number of nitrogens with zero attached hydrogens (tertiary/aromatic N) is 2. The fourth-order valence-electron chi connectivity index (χ4n) is 2.11. The highest BCUT2D eigenvalue weighted by Crippen LogP contribution is 2.27. The van der Waals surface area contributed by atoms with Crippen molar-refractivity contribution in [3.8, 4) is 0 Å². The van der Waals surface area contributed by atoms with E-state index in [4.69, 9.17) is 30.9 Å². The smallest absolute Gasteiger partial charge is 0.351 e. The summed E-state index contributed by atoms with van der Waals surface area (Å²) in [6.07, 6.45) is -5.24. The van der Waals surface area contributed by atoms with Crippen molar-refractivity contribution in [1.82, 2.24) is 9.55 Å². The zero-order chi connectivity index (χ0) is 19.9. The number of aliphatic hydroxyl groups is 6. The van der Waals surface area contributed by atoms with Gasteiger partial charge in [-0.05, 0) is 6.07 Å². The second-order valence-electron chi connectivity index (χ2n) is 5.49. The maximum Gasteiger partial charge on any atom is 0.351 e. The third-order valence-electron chi connectivity index (χ3n) is 3.61. The van der Waals surface area contributed by atoms with Crippen LogP contribution in [0.25, 0.3) is 0 Å². The standard InChI is InChI=1S/C9H13N3O5.C5H10O4.FH/c10-5-1-2-12(9(16)11-5)8-7(15)6(14)4(3-13)17-8;6-2-1-4(8)5(9)3-7;/h1-2,4,6-8,13-15H,3H2,(H2,10,11,16);2,4-5,7-9H,1,3H2;1H/t4-,6-,7-,8-;;/m1../s1. The summed E-state index contributed by atoms with van der Waals surface area (Å²) < 4.78 is 6.19. The van der Waals surface area contributed by atoms with Gasteiger partial charge in [-0.1, -0.05) is 0 Å². The number of rotatable bonds is 6. The van der Waals surface area contributed by atoms with Crippen LogP contribution in [0.15, 0.2) is 17.1 Å². The van der Waals surface area contributed by atoms with Crippen molar-refractivity contribution in [2.75, 3.05) is 18.9 Å². The predicted octanol–water partition coefficient (Wildman–Crippen LogP) is -4.12. The maximum absolute atomic E-state index is 11.5. The Kier molecular flexibility index (Phi) is 10.8. The van der Waals surface area contributed by atoms with E-state index in [-0.39, 0.29) is 16.9 Å². The molecule has 156 valence electrons. The summed E-state index contributed by atoms with van der Waals surface area (Å²) in [5.74, 6) is 0.0537. The average Bonchev–Trinajstić information content (AvgIpc) is 2.90. The van der Waals surface area contributed by atoms with Crippen LogP contribution in [-0.2, 0) is 9.53 Å². The van der Waals surface area contributed by atoms with Crippen LogP contribution in [0.2, 0.25) is 0 Å². The van der Waals surface area contributed by atoms with Crippen LogP contribution in [0.3, 0.4) is 0 Å². The Balaban J connectivity index is 0.000000584. The Hall–Kier alpha value is -2.00. The first-order valence-electron chi connectivity index (χ1n) is 7.64. The second-order valence-corrected chi connectivity index (χ2v) is 5.49. The lowest BCUT2D eigenvalue weighted by Gasteiger charge is -2.16. The number of aldehydes is 1. The van der Waals surface area contributed by atoms with E-state index in [1.165, 1.54) is 12.3 Å². The molecule has 8 N–H and O–H groups in total. The van der Waals surface area contributed by atoms with Gasteiger partial charge in [0.1, 0.15) is 36.5 Å². The number of nitrogen functional groups attached to an aromatic ring is 1. The van der Waals surface area contributed by atoms with Gasteiger partial charge < -0.3 is 45.9 Å². The third kappa shape index (κ3) is 6.59. The molecule has 12 nitrogen and oxygen atoms in total. The normalized spacial score (nSPS) is 26.3. The summed E-state index contributed by atoms with van der Waals surface area (Å²) in [6.45, 7) is -0.971. The summed E-state index contributed by atoms with van der Waals surface area (Å²) in [5.41, 5.74) is 4.63. The number of ether oxygens (including phenoxy) is 1. The topological polar surface area (TPSA) is 209 Å². The summed E-state index contributed by atoms with van der Waals surface area (Å²) in [4.78, 5) is 24.7. The Labute approximate surface area is 152 Å². The Morgan fingerprint density at radius 3 is 2.33 bits per heavy atom. The summed E-state index contributed by atoms with van der Waals surface area (Å²) >= 11 is 0. The summed E-state index contributed by atoms with van der Waals surface area (Å²) in [6, 6.07) is 1.37. The molecule has 1 aliphatic heterocycles. The molecule has 0 radical (unpaired) electrons. The average molecular weight is 397 g/mol. The van der Waals surface area contributed by atoms with Crippen LogP contribution < -0.4 is 11.4 Å². The van der Waals surface area contributed by atoms with E-state index in [1.54, 1.807) is 0 Å². The largest absolute Gasteiger partial charge is 0.394 e. The summed E-state index contributed by atoms with van der Waals surface area (Å²) in [7, 11) is 0. The predicted molar refractivity (Wildman–Crippen MR) is 88.2 cm³/mol. The molecule has 2 heterocycles. The van der Waals surface area contributed by atoms with Crippen molar-refractivity contribution in [3.05, 3.63) is 22.7 Å². The Morgan fingerprint density at radius 1 is 1.26 bits per heavy atom. The van der Waals surface area contributed by atoms with E-state index in [0.717, 1.165) is 4.57 Å². The van der Waals surface area contributed by atoms with Gasteiger partial charge in [0.2, 0.25) is 0 Å². The van der Waals surface area contributed by atoms with E-state index >= 15 is 0 Å². The van der Waals surface area contributed by atoms with Crippen molar-refractivity contribution in [1.29, 1.82) is 0 Å². The van der Waals surface area contributed by atoms with Crippen molar-refractivity contribution in [3.63, 3.8) is 0 Å². The molecular weight excluding hydrogens is 373 g/mol. The molecule has 13 heteroatoms. The first-order chi connectivity index (χ1) is 12.3. The summed E-state index contributed by atoms with van der Waals surface area (Å²) in [5, 5.41) is 53.6. The highest BCUT2D eigenvalue weighted by molar-refractivity contribution is 5.50. The zero-order valence-corrected chi connectivity index (χ0v) is 14.1. The third-order valence-corrected chi connectivity index (χ3v) is 3.61. The Morgan fingerprint density at radius 2 is 1.89 bits per heavy atom. The highest BCUT2D eigenvalue weighted by Gasteiger charge is 2.43.